The first-order chi connectivity index (χ1) is 5.08. The number of aromatic nitrogens is 2. The van der Waals surface area contributed by atoms with Gasteiger partial charge in [-0.05, 0) is 19.9 Å². The zero-order valence-electron chi connectivity index (χ0n) is 6.92. The Balaban J connectivity index is 3.13. The standard InChI is InChI=1S/C8H10N3/c1-8(2,6-9)7-4-5-10-11(7)3/h4H,1-3H3. The molecule has 1 heterocycles. The van der Waals surface area contributed by atoms with Gasteiger partial charge < -0.3 is 0 Å². The highest BCUT2D eigenvalue weighted by Gasteiger charge is 2.22. The molecule has 0 saturated carbocycles. The summed E-state index contributed by atoms with van der Waals surface area (Å²) in [5.41, 5.74) is 0.418. The van der Waals surface area contributed by atoms with Gasteiger partial charge in [-0.1, -0.05) is 0 Å². The van der Waals surface area contributed by atoms with Crippen molar-refractivity contribution in [3.05, 3.63) is 18.0 Å². The molecule has 0 aliphatic heterocycles. The van der Waals surface area contributed by atoms with E-state index in [0.29, 0.717) is 0 Å². The first-order valence-corrected chi connectivity index (χ1v) is 3.40. The summed E-state index contributed by atoms with van der Waals surface area (Å²) < 4.78 is 1.67. The van der Waals surface area contributed by atoms with Gasteiger partial charge in [0.15, 0.2) is 0 Å². The molecular weight excluding hydrogens is 138 g/mol. The Hall–Kier alpha value is -1.30. The number of hydrogen-bond acceptors (Lipinski definition) is 2. The smallest absolute Gasteiger partial charge is 0.113 e. The van der Waals surface area contributed by atoms with Gasteiger partial charge in [0.2, 0.25) is 0 Å². The van der Waals surface area contributed by atoms with E-state index in [1.165, 1.54) is 0 Å². The van der Waals surface area contributed by atoms with Crippen LogP contribution in [0.25, 0.3) is 0 Å². The Kier molecular flexibility index (Phi) is 1.69. The number of nitriles is 1. The molecule has 0 aromatic carbocycles. The quantitative estimate of drug-likeness (QED) is 0.596. The molecule has 57 valence electrons. The highest BCUT2D eigenvalue weighted by Crippen LogP contribution is 2.19. The van der Waals surface area contributed by atoms with Crippen LogP contribution in [-0.4, -0.2) is 9.78 Å². The lowest BCUT2D eigenvalue weighted by Gasteiger charge is -2.14. The van der Waals surface area contributed by atoms with Crippen LogP contribution in [0, 0.1) is 17.5 Å². The molecule has 0 saturated heterocycles. The lowest BCUT2D eigenvalue weighted by atomic mass is 9.91. The van der Waals surface area contributed by atoms with Crippen molar-refractivity contribution in [3.63, 3.8) is 0 Å². The predicted octanol–water partition coefficient (Wildman–Crippen LogP) is 1.02. The van der Waals surface area contributed by atoms with Crippen molar-refractivity contribution < 1.29 is 0 Å². The third-order valence-electron chi connectivity index (χ3n) is 1.68. The SMILES string of the molecule is Cn1n[c]cc1C(C)(C)C#N. The first-order valence-electron chi connectivity index (χ1n) is 3.40. The molecule has 0 fully saturated rings. The molecule has 0 unspecified atom stereocenters. The van der Waals surface area contributed by atoms with E-state index in [4.69, 9.17) is 5.26 Å². The second kappa shape index (κ2) is 2.39. The van der Waals surface area contributed by atoms with Crippen LogP contribution < -0.4 is 0 Å². The van der Waals surface area contributed by atoms with Crippen LogP contribution in [0.2, 0.25) is 0 Å². The third-order valence-corrected chi connectivity index (χ3v) is 1.68. The fourth-order valence-electron chi connectivity index (χ4n) is 0.966. The second-order valence-electron chi connectivity index (χ2n) is 3.02. The molecule has 0 spiro atoms. The van der Waals surface area contributed by atoms with Crippen molar-refractivity contribution in [2.24, 2.45) is 7.05 Å². The number of rotatable bonds is 1. The molecule has 3 nitrogen and oxygen atoms in total. The molecule has 0 aliphatic rings. The van der Waals surface area contributed by atoms with E-state index >= 15 is 0 Å². The van der Waals surface area contributed by atoms with Crippen molar-refractivity contribution in [1.82, 2.24) is 9.78 Å². The summed E-state index contributed by atoms with van der Waals surface area (Å²) in [6.07, 6.45) is 2.70. The maximum absolute atomic E-state index is 8.79. The molecule has 1 aromatic rings. The highest BCUT2D eigenvalue weighted by molar-refractivity contribution is 5.21. The maximum atomic E-state index is 8.79. The Morgan fingerprint density at radius 1 is 1.73 bits per heavy atom. The molecule has 0 amide bonds. The molecule has 0 N–H and O–H groups in total. The zero-order valence-corrected chi connectivity index (χ0v) is 6.92. The highest BCUT2D eigenvalue weighted by atomic mass is 15.3. The van der Waals surface area contributed by atoms with E-state index in [1.807, 2.05) is 20.9 Å². The van der Waals surface area contributed by atoms with E-state index in [1.54, 1.807) is 10.7 Å². The van der Waals surface area contributed by atoms with Crippen LogP contribution in [0.5, 0.6) is 0 Å². The normalized spacial score (nSPS) is 11.1. The van der Waals surface area contributed by atoms with Gasteiger partial charge in [-0.15, -0.1) is 0 Å². The lowest BCUT2D eigenvalue weighted by Crippen LogP contribution is -2.18. The Labute approximate surface area is 66.3 Å². The van der Waals surface area contributed by atoms with Crippen molar-refractivity contribution in [1.29, 1.82) is 5.26 Å². The van der Waals surface area contributed by atoms with Crippen LogP contribution in [0.4, 0.5) is 0 Å². The van der Waals surface area contributed by atoms with E-state index in [2.05, 4.69) is 17.4 Å². The summed E-state index contributed by atoms with van der Waals surface area (Å²) in [6, 6.07) is 3.94. The topological polar surface area (TPSA) is 41.6 Å². The molecule has 0 bridgehead atoms. The van der Waals surface area contributed by atoms with Gasteiger partial charge in [-0.3, -0.25) is 4.68 Å². The third kappa shape index (κ3) is 1.25. The Morgan fingerprint density at radius 2 is 2.36 bits per heavy atom. The Bertz CT molecular complexity index is 291. The van der Waals surface area contributed by atoms with E-state index < -0.39 is 5.41 Å². The summed E-state index contributed by atoms with van der Waals surface area (Å²) in [6.45, 7) is 3.72. The van der Waals surface area contributed by atoms with Gasteiger partial charge in [0.1, 0.15) is 6.20 Å². The van der Waals surface area contributed by atoms with Crippen molar-refractivity contribution in [2.45, 2.75) is 19.3 Å². The van der Waals surface area contributed by atoms with Gasteiger partial charge in [-0.2, -0.15) is 10.4 Å². The maximum Gasteiger partial charge on any atom is 0.113 e. The number of hydrogen-bond donors (Lipinski definition) is 0. The van der Waals surface area contributed by atoms with Crippen LogP contribution >= 0.6 is 0 Å². The summed E-state index contributed by atoms with van der Waals surface area (Å²) in [4.78, 5) is 0. The molecule has 0 atom stereocenters. The molecule has 1 rings (SSSR count). The zero-order chi connectivity index (χ0) is 8.48. The average Bonchev–Trinajstić information content (AvgIpc) is 2.36. The van der Waals surface area contributed by atoms with Gasteiger partial charge in [0, 0.05) is 7.05 Å². The average molecular weight is 148 g/mol. The van der Waals surface area contributed by atoms with Crippen LogP contribution in [0.1, 0.15) is 19.5 Å². The number of aryl methyl sites for hydroxylation is 1. The summed E-state index contributed by atoms with van der Waals surface area (Å²) in [7, 11) is 1.81. The minimum Gasteiger partial charge on any atom is -0.270 e. The minimum absolute atomic E-state index is 0.470. The summed E-state index contributed by atoms with van der Waals surface area (Å²) in [5, 5.41) is 12.7. The fourth-order valence-corrected chi connectivity index (χ4v) is 0.966. The molecule has 11 heavy (non-hydrogen) atoms. The number of nitrogens with zero attached hydrogens (tertiary/aromatic N) is 3. The van der Waals surface area contributed by atoms with Crippen LogP contribution in [-0.2, 0) is 12.5 Å². The molecule has 1 radical (unpaired) electrons. The predicted molar refractivity (Wildman–Crippen MR) is 40.7 cm³/mol. The van der Waals surface area contributed by atoms with Crippen molar-refractivity contribution >= 4 is 0 Å². The van der Waals surface area contributed by atoms with Gasteiger partial charge in [-0.25, -0.2) is 0 Å². The molecule has 0 aliphatic carbocycles. The van der Waals surface area contributed by atoms with Crippen molar-refractivity contribution in [3.8, 4) is 6.07 Å². The Morgan fingerprint density at radius 3 is 2.73 bits per heavy atom. The fraction of sp³-hybridized carbons (Fsp3) is 0.500. The van der Waals surface area contributed by atoms with Gasteiger partial charge in [0.25, 0.3) is 0 Å². The first kappa shape index (κ1) is 7.80. The molecule has 3 heteroatoms. The summed E-state index contributed by atoms with van der Waals surface area (Å²) >= 11 is 0. The van der Waals surface area contributed by atoms with Crippen LogP contribution in [0.3, 0.4) is 0 Å². The lowest BCUT2D eigenvalue weighted by molar-refractivity contribution is 0.587. The second-order valence-corrected chi connectivity index (χ2v) is 3.02. The summed E-state index contributed by atoms with van der Waals surface area (Å²) in [5.74, 6) is 0. The monoisotopic (exact) mass is 148 g/mol. The molecule has 1 aromatic heterocycles. The van der Waals surface area contributed by atoms with Crippen molar-refractivity contribution in [2.75, 3.05) is 0 Å². The largest absolute Gasteiger partial charge is 0.270 e. The van der Waals surface area contributed by atoms with E-state index in [-0.39, 0.29) is 0 Å². The van der Waals surface area contributed by atoms with Gasteiger partial charge in [0.05, 0.1) is 17.2 Å². The van der Waals surface area contributed by atoms with E-state index in [0.717, 1.165) is 5.69 Å². The van der Waals surface area contributed by atoms with Gasteiger partial charge >= 0.3 is 0 Å². The molecular formula is C8H10N3. The minimum atomic E-state index is -0.470. The van der Waals surface area contributed by atoms with Crippen LogP contribution in [0.15, 0.2) is 6.07 Å². The van der Waals surface area contributed by atoms with E-state index in [9.17, 15) is 0 Å².